The summed E-state index contributed by atoms with van der Waals surface area (Å²) >= 11 is 4.90. The molecule has 0 radical (unpaired) electrons. The van der Waals surface area contributed by atoms with E-state index in [4.69, 9.17) is 0 Å². The molecule has 0 aliphatic rings. The molecule has 2 heterocycles. The van der Waals surface area contributed by atoms with E-state index < -0.39 is 0 Å². The van der Waals surface area contributed by atoms with Crippen molar-refractivity contribution in [2.24, 2.45) is 0 Å². The molecule has 0 saturated heterocycles. The lowest BCUT2D eigenvalue weighted by Gasteiger charge is -2.07. The summed E-state index contributed by atoms with van der Waals surface area (Å²) < 4.78 is 2.98. The highest BCUT2D eigenvalue weighted by Crippen LogP contribution is 2.23. The van der Waals surface area contributed by atoms with Crippen LogP contribution in [0.15, 0.2) is 40.2 Å². The maximum atomic E-state index is 12.5. The van der Waals surface area contributed by atoms with E-state index in [9.17, 15) is 4.79 Å². The minimum atomic E-state index is -0.0723. The Labute approximate surface area is 153 Å². The van der Waals surface area contributed by atoms with Crippen molar-refractivity contribution in [1.29, 1.82) is 0 Å². The van der Waals surface area contributed by atoms with Crippen LogP contribution in [0.5, 0.6) is 0 Å². The SMILES string of the molecule is Cc1ccsc1C(=O)Nc1c(C)nn(Cc2ccc(Br)cc2)c1C. The number of carbonyl (C=O) groups excluding carboxylic acids is 1. The number of hydrogen-bond donors (Lipinski definition) is 1. The van der Waals surface area contributed by atoms with Crippen LogP contribution >= 0.6 is 27.3 Å². The van der Waals surface area contributed by atoms with Crippen molar-refractivity contribution in [2.45, 2.75) is 27.3 Å². The van der Waals surface area contributed by atoms with Gasteiger partial charge in [-0.1, -0.05) is 28.1 Å². The number of amides is 1. The van der Waals surface area contributed by atoms with E-state index >= 15 is 0 Å². The van der Waals surface area contributed by atoms with Gasteiger partial charge in [-0.05, 0) is 55.5 Å². The second-order valence-electron chi connectivity index (χ2n) is 5.72. The molecule has 124 valence electrons. The normalized spacial score (nSPS) is 10.8. The summed E-state index contributed by atoms with van der Waals surface area (Å²) in [5.74, 6) is -0.0723. The van der Waals surface area contributed by atoms with Gasteiger partial charge in [-0.15, -0.1) is 11.3 Å². The molecule has 3 aromatic rings. The fourth-order valence-electron chi connectivity index (χ4n) is 2.57. The molecule has 0 fully saturated rings. The van der Waals surface area contributed by atoms with Gasteiger partial charge >= 0.3 is 0 Å². The highest BCUT2D eigenvalue weighted by atomic mass is 79.9. The van der Waals surface area contributed by atoms with Crippen LogP contribution in [0.4, 0.5) is 5.69 Å². The monoisotopic (exact) mass is 403 g/mol. The van der Waals surface area contributed by atoms with Crippen molar-refractivity contribution in [3.8, 4) is 0 Å². The number of benzene rings is 1. The highest BCUT2D eigenvalue weighted by molar-refractivity contribution is 9.10. The van der Waals surface area contributed by atoms with Gasteiger partial charge < -0.3 is 5.32 Å². The predicted molar refractivity (Wildman–Crippen MR) is 102 cm³/mol. The molecule has 6 heteroatoms. The summed E-state index contributed by atoms with van der Waals surface area (Å²) in [6, 6.07) is 10.1. The third kappa shape index (κ3) is 3.44. The Morgan fingerprint density at radius 1 is 1.21 bits per heavy atom. The van der Waals surface area contributed by atoms with E-state index in [0.717, 1.165) is 37.6 Å². The zero-order valence-corrected chi connectivity index (χ0v) is 16.2. The van der Waals surface area contributed by atoms with Crippen molar-refractivity contribution < 1.29 is 4.79 Å². The van der Waals surface area contributed by atoms with E-state index in [2.05, 4.69) is 38.5 Å². The molecule has 0 bridgehead atoms. The zero-order valence-electron chi connectivity index (χ0n) is 13.8. The van der Waals surface area contributed by atoms with Gasteiger partial charge in [0.05, 0.1) is 28.5 Å². The first-order valence-electron chi connectivity index (χ1n) is 7.59. The van der Waals surface area contributed by atoms with Crippen molar-refractivity contribution in [1.82, 2.24) is 9.78 Å². The molecule has 1 amide bonds. The Morgan fingerprint density at radius 3 is 2.54 bits per heavy atom. The fraction of sp³-hybridized carbons (Fsp3) is 0.222. The minimum absolute atomic E-state index is 0.0723. The summed E-state index contributed by atoms with van der Waals surface area (Å²) in [6.45, 7) is 6.52. The van der Waals surface area contributed by atoms with Crippen LogP contribution in [-0.4, -0.2) is 15.7 Å². The van der Waals surface area contributed by atoms with Gasteiger partial charge in [-0.3, -0.25) is 9.48 Å². The van der Waals surface area contributed by atoms with Gasteiger partial charge in [0.15, 0.2) is 0 Å². The molecule has 3 rings (SSSR count). The van der Waals surface area contributed by atoms with E-state index in [1.54, 1.807) is 0 Å². The average Bonchev–Trinajstić information content (AvgIpc) is 3.08. The van der Waals surface area contributed by atoms with E-state index in [0.29, 0.717) is 6.54 Å². The zero-order chi connectivity index (χ0) is 17.3. The second kappa shape index (κ2) is 6.91. The van der Waals surface area contributed by atoms with Crippen molar-refractivity contribution >= 4 is 38.9 Å². The van der Waals surface area contributed by atoms with Crippen LogP contribution in [0.25, 0.3) is 0 Å². The number of nitrogens with zero attached hydrogens (tertiary/aromatic N) is 2. The molecular weight excluding hydrogens is 386 g/mol. The Kier molecular flexibility index (Phi) is 4.87. The van der Waals surface area contributed by atoms with E-state index in [1.807, 2.05) is 49.0 Å². The topological polar surface area (TPSA) is 46.9 Å². The molecule has 0 unspecified atom stereocenters. The number of hydrogen-bond acceptors (Lipinski definition) is 3. The summed E-state index contributed by atoms with van der Waals surface area (Å²) in [7, 11) is 0. The maximum absolute atomic E-state index is 12.5. The summed E-state index contributed by atoms with van der Waals surface area (Å²) in [4.78, 5) is 13.2. The maximum Gasteiger partial charge on any atom is 0.266 e. The minimum Gasteiger partial charge on any atom is -0.318 e. The molecule has 0 aliphatic heterocycles. The average molecular weight is 404 g/mol. The molecule has 4 nitrogen and oxygen atoms in total. The lowest BCUT2D eigenvalue weighted by atomic mass is 10.2. The Balaban J connectivity index is 1.82. The standard InChI is InChI=1S/C18H18BrN3OS/c1-11-8-9-24-17(11)18(23)20-16-12(2)21-22(13(16)3)10-14-4-6-15(19)7-5-14/h4-9H,10H2,1-3H3,(H,20,23). The molecule has 1 N–H and O–H groups in total. The first-order valence-corrected chi connectivity index (χ1v) is 9.27. The molecule has 0 saturated carbocycles. The van der Waals surface area contributed by atoms with Crippen LogP contribution in [0.3, 0.4) is 0 Å². The van der Waals surface area contributed by atoms with Gasteiger partial charge in [-0.2, -0.15) is 5.10 Å². The fourth-order valence-corrected chi connectivity index (χ4v) is 3.65. The van der Waals surface area contributed by atoms with Gasteiger partial charge in [0.1, 0.15) is 0 Å². The number of thiophene rings is 1. The molecule has 24 heavy (non-hydrogen) atoms. The Morgan fingerprint density at radius 2 is 1.92 bits per heavy atom. The van der Waals surface area contributed by atoms with Crippen LogP contribution in [0, 0.1) is 20.8 Å². The van der Waals surface area contributed by atoms with E-state index in [-0.39, 0.29) is 5.91 Å². The Bertz CT molecular complexity index is 880. The number of nitrogens with one attached hydrogen (secondary N) is 1. The molecular formula is C18H18BrN3OS. The second-order valence-corrected chi connectivity index (χ2v) is 7.55. The number of aromatic nitrogens is 2. The third-order valence-corrected chi connectivity index (χ3v) is 5.48. The van der Waals surface area contributed by atoms with Gasteiger partial charge in [0, 0.05) is 4.47 Å². The van der Waals surface area contributed by atoms with Crippen molar-refractivity contribution in [3.63, 3.8) is 0 Å². The van der Waals surface area contributed by atoms with Gasteiger partial charge in [0.2, 0.25) is 0 Å². The molecule has 0 atom stereocenters. The van der Waals surface area contributed by atoms with E-state index in [1.165, 1.54) is 11.3 Å². The van der Waals surface area contributed by atoms with Crippen LogP contribution in [-0.2, 0) is 6.54 Å². The Hall–Kier alpha value is -1.92. The summed E-state index contributed by atoms with van der Waals surface area (Å²) in [5, 5.41) is 9.53. The lowest BCUT2D eigenvalue weighted by Crippen LogP contribution is -2.13. The predicted octanol–water partition coefficient (Wildman–Crippen LogP) is 4.93. The largest absolute Gasteiger partial charge is 0.318 e. The van der Waals surface area contributed by atoms with Crippen molar-refractivity contribution in [2.75, 3.05) is 5.32 Å². The molecule has 0 aliphatic carbocycles. The van der Waals surface area contributed by atoms with Gasteiger partial charge in [-0.25, -0.2) is 0 Å². The van der Waals surface area contributed by atoms with Gasteiger partial charge in [0.25, 0.3) is 5.91 Å². The first-order chi connectivity index (χ1) is 11.5. The van der Waals surface area contributed by atoms with Crippen LogP contribution in [0.2, 0.25) is 0 Å². The van der Waals surface area contributed by atoms with Crippen LogP contribution < -0.4 is 5.32 Å². The number of carbonyl (C=O) groups is 1. The molecule has 1 aromatic carbocycles. The number of aryl methyl sites for hydroxylation is 2. The first kappa shape index (κ1) is 16.9. The van der Waals surface area contributed by atoms with Crippen molar-refractivity contribution in [3.05, 3.63) is 67.6 Å². The number of halogens is 1. The quantitative estimate of drug-likeness (QED) is 0.670. The molecule has 0 spiro atoms. The van der Waals surface area contributed by atoms with Crippen LogP contribution in [0.1, 0.15) is 32.2 Å². The summed E-state index contributed by atoms with van der Waals surface area (Å²) in [5.41, 5.74) is 4.74. The summed E-state index contributed by atoms with van der Waals surface area (Å²) in [6.07, 6.45) is 0. The smallest absolute Gasteiger partial charge is 0.266 e. The number of anilines is 1. The number of rotatable bonds is 4. The lowest BCUT2D eigenvalue weighted by molar-refractivity contribution is 0.103. The highest BCUT2D eigenvalue weighted by Gasteiger charge is 2.17. The molecule has 2 aromatic heterocycles. The third-order valence-electron chi connectivity index (χ3n) is 3.93.